The lowest BCUT2D eigenvalue weighted by molar-refractivity contribution is -0.120. The average molecular weight is 384 g/mol. The zero-order valence-corrected chi connectivity index (χ0v) is 18.0. The van der Waals surface area contributed by atoms with Gasteiger partial charge in [0.15, 0.2) is 0 Å². The molecule has 1 fully saturated rings. The Hall–Kier alpha value is -1.86. The molecular formula is C23H29O3P. The summed E-state index contributed by atoms with van der Waals surface area (Å²) < 4.78 is 11.0. The quantitative estimate of drug-likeness (QED) is 0.662. The molecule has 1 heterocycles. The van der Waals surface area contributed by atoms with Crippen LogP contribution >= 0.6 is 7.92 Å². The topological polar surface area (TPSA) is 35.5 Å². The standard InChI is InChI=1S/C23H29O3P/c1-22(2)14-17(24)15-23(3,4)27(22)21-10-8-7-9-20(21)16-11-18(25-5)13-19(12-16)26-6/h7-13H,14-15H2,1-6H3. The highest BCUT2D eigenvalue weighted by Crippen LogP contribution is 2.65. The molecular weight excluding hydrogens is 355 g/mol. The Morgan fingerprint density at radius 1 is 0.852 bits per heavy atom. The first-order valence-electron chi connectivity index (χ1n) is 9.32. The van der Waals surface area contributed by atoms with Crippen LogP contribution in [-0.2, 0) is 4.79 Å². The van der Waals surface area contributed by atoms with E-state index in [1.807, 2.05) is 6.07 Å². The molecule has 1 aliphatic heterocycles. The summed E-state index contributed by atoms with van der Waals surface area (Å²) in [5, 5.41) is 1.28. The van der Waals surface area contributed by atoms with Gasteiger partial charge in [-0.3, -0.25) is 4.79 Å². The van der Waals surface area contributed by atoms with Gasteiger partial charge in [0, 0.05) is 18.9 Å². The van der Waals surface area contributed by atoms with E-state index in [1.54, 1.807) is 14.2 Å². The molecule has 0 unspecified atom stereocenters. The van der Waals surface area contributed by atoms with Crippen molar-refractivity contribution in [3.05, 3.63) is 42.5 Å². The lowest BCUT2D eigenvalue weighted by Gasteiger charge is -2.49. The molecule has 144 valence electrons. The molecule has 0 radical (unpaired) electrons. The van der Waals surface area contributed by atoms with Gasteiger partial charge in [0.05, 0.1) is 14.2 Å². The zero-order chi connectivity index (χ0) is 19.8. The first-order chi connectivity index (χ1) is 12.7. The van der Waals surface area contributed by atoms with Crippen LogP contribution in [0.2, 0.25) is 0 Å². The summed E-state index contributed by atoms with van der Waals surface area (Å²) >= 11 is 0. The van der Waals surface area contributed by atoms with E-state index in [0.717, 1.165) is 17.1 Å². The summed E-state index contributed by atoms with van der Waals surface area (Å²) in [7, 11) is 2.79. The van der Waals surface area contributed by atoms with Crippen molar-refractivity contribution in [2.75, 3.05) is 14.2 Å². The summed E-state index contributed by atoms with van der Waals surface area (Å²) in [5.41, 5.74) is 2.30. The summed E-state index contributed by atoms with van der Waals surface area (Å²) in [6.45, 7) is 9.00. The highest BCUT2D eigenvalue weighted by Gasteiger charge is 2.48. The van der Waals surface area contributed by atoms with Crippen LogP contribution in [0.5, 0.6) is 11.5 Å². The summed E-state index contributed by atoms with van der Waals surface area (Å²) in [6.07, 6.45) is 1.30. The van der Waals surface area contributed by atoms with Crippen LogP contribution in [0, 0.1) is 0 Å². The number of benzene rings is 2. The average Bonchev–Trinajstić information content (AvgIpc) is 2.59. The van der Waals surface area contributed by atoms with Crippen LogP contribution in [0.3, 0.4) is 0 Å². The molecule has 0 spiro atoms. The Labute approximate surface area is 163 Å². The molecule has 3 rings (SSSR count). The molecule has 27 heavy (non-hydrogen) atoms. The summed E-state index contributed by atoms with van der Waals surface area (Å²) in [5.74, 6) is 1.94. The Bertz CT molecular complexity index is 812. The highest BCUT2D eigenvalue weighted by molar-refractivity contribution is 7.69. The van der Waals surface area contributed by atoms with E-state index in [9.17, 15) is 4.79 Å². The largest absolute Gasteiger partial charge is 0.497 e. The second-order valence-electron chi connectivity index (χ2n) is 8.47. The fourth-order valence-electron chi connectivity index (χ4n) is 4.53. The van der Waals surface area contributed by atoms with E-state index in [-0.39, 0.29) is 10.3 Å². The minimum absolute atomic E-state index is 0.0345. The van der Waals surface area contributed by atoms with Crippen molar-refractivity contribution in [3.8, 4) is 22.6 Å². The van der Waals surface area contributed by atoms with E-state index >= 15 is 0 Å². The van der Waals surface area contributed by atoms with Crippen LogP contribution < -0.4 is 14.8 Å². The van der Waals surface area contributed by atoms with Crippen molar-refractivity contribution in [2.24, 2.45) is 0 Å². The molecule has 0 aromatic heterocycles. The van der Waals surface area contributed by atoms with Crippen molar-refractivity contribution in [3.63, 3.8) is 0 Å². The Morgan fingerprint density at radius 3 is 1.89 bits per heavy atom. The molecule has 0 saturated carbocycles. The van der Waals surface area contributed by atoms with Crippen molar-refractivity contribution in [1.82, 2.24) is 0 Å². The molecule has 0 atom stereocenters. The molecule has 0 bridgehead atoms. The SMILES string of the molecule is COc1cc(OC)cc(-c2ccccc2P2C(C)(C)CC(=O)CC2(C)C)c1. The molecule has 2 aromatic carbocycles. The van der Waals surface area contributed by atoms with Gasteiger partial charge in [0.1, 0.15) is 17.3 Å². The fourth-order valence-corrected chi connectivity index (χ4v) is 8.82. The normalized spacial score (nSPS) is 19.0. The number of methoxy groups -OCH3 is 2. The Kier molecular flexibility index (Phi) is 5.36. The van der Waals surface area contributed by atoms with Crippen LogP contribution in [0.15, 0.2) is 42.5 Å². The smallest absolute Gasteiger partial charge is 0.134 e. The Balaban J connectivity index is 2.19. The molecule has 0 aliphatic carbocycles. The van der Waals surface area contributed by atoms with Crippen molar-refractivity contribution in [2.45, 2.75) is 50.8 Å². The highest BCUT2D eigenvalue weighted by atomic mass is 31.1. The van der Waals surface area contributed by atoms with Crippen molar-refractivity contribution in [1.29, 1.82) is 0 Å². The minimum Gasteiger partial charge on any atom is -0.497 e. The van der Waals surface area contributed by atoms with Gasteiger partial charge in [-0.2, -0.15) is 0 Å². The van der Waals surface area contributed by atoms with Gasteiger partial charge >= 0.3 is 0 Å². The van der Waals surface area contributed by atoms with Gasteiger partial charge in [0.25, 0.3) is 0 Å². The monoisotopic (exact) mass is 384 g/mol. The number of carbonyl (C=O) groups excluding carboxylic acids is 1. The van der Waals surface area contributed by atoms with Gasteiger partial charge < -0.3 is 9.47 Å². The number of ether oxygens (including phenoxy) is 2. The molecule has 0 amide bonds. The lowest BCUT2D eigenvalue weighted by atomic mass is 9.96. The van der Waals surface area contributed by atoms with Gasteiger partial charge in [-0.1, -0.05) is 59.9 Å². The molecule has 4 heteroatoms. The number of rotatable bonds is 4. The summed E-state index contributed by atoms with van der Waals surface area (Å²) in [4.78, 5) is 12.4. The van der Waals surface area contributed by atoms with E-state index in [0.29, 0.717) is 18.6 Å². The lowest BCUT2D eigenvalue weighted by Crippen LogP contribution is -2.43. The minimum atomic E-state index is -0.555. The third kappa shape index (κ3) is 3.89. The number of Topliss-reactive ketones (excluding diaryl/α,β-unsaturated/α-hetero) is 1. The van der Waals surface area contributed by atoms with Gasteiger partial charge in [-0.15, -0.1) is 0 Å². The van der Waals surface area contributed by atoms with Crippen LogP contribution in [0.25, 0.3) is 11.1 Å². The third-order valence-electron chi connectivity index (χ3n) is 5.28. The van der Waals surface area contributed by atoms with Crippen molar-refractivity contribution >= 4 is 19.0 Å². The maximum Gasteiger partial charge on any atom is 0.134 e. The number of ketones is 1. The molecule has 0 N–H and O–H groups in total. The molecule has 3 nitrogen and oxygen atoms in total. The number of carbonyl (C=O) groups is 1. The maximum absolute atomic E-state index is 12.4. The first-order valence-corrected chi connectivity index (χ1v) is 10.7. The van der Waals surface area contributed by atoms with Crippen LogP contribution in [-0.4, -0.2) is 30.3 Å². The van der Waals surface area contributed by atoms with Crippen LogP contribution in [0.4, 0.5) is 0 Å². The van der Waals surface area contributed by atoms with Gasteiger partial charge in [-0.25, -0.2) is 0 Å². The first kappa shape index (κ1) is 19.9. The fraction of sp³-hybridized carbons (Fsp3) is 0.435. The zero-order valence-electron chi connectivity index (χ0n) is 17.1. The van der Waals surface area contributed by atoms with Gasteiger partial charge in [-0.05, 0) is 38.9 Å². The Morgan fingerprint density at radius 2 is 1.37 bits per heavy atom. The number of hydrogen-bond acceptors (Lipinski definition) is 3. The molecule has 1 saturated heterocycles. The predicted molar refractivity (Wildman–Crippen MR) is 114 cm³/mol. The van der Waals surface area contributed by atoms with E-state index in [2.05, 4.69) is 64.1 Å². The molecule has 2 aromatic rings. The molecule has 1 aliphatic rings. The van der Waals surface area contributed by atoms with E-state index in [1.165, 1.54) is 10.9 Å². The van der Waals surface area contributed by atoms with E-state index in [4.69, 9.17) is 9.47 Å². The summed E-state index contributed by atoms with van der Waals surface area (Å²) in [6, 6.07) is 14.6. The maximum atomic E-state index is 12.4. The van der Waals surface area contributed by atoms with Crippen molar-refractivity contribution < 1.29 is 14.3 Å². The van der Waals surface area contributed by atoms with Gasteiger partial charge in [0.2, 0.25) is 0 Å². The number of hydrogen-bond donors (Lipinski definition) is 0. The third-order valence-corrected chi connectivity index (χ3v) is 8.89. The van der Waals surface area contributed by atoms with Crippen LogP contribution in [0.1, 0.15) is 40.5 Å². The van der Waals surface area contributed by atoms with E-state index < -0.39 is 7.92 Å². The second kappa shape index (κ2) is 7.28. The predicted octanol–water partition coefficient (Wildman–Crippen LogP) is 5.40. The second-order valence-corrected chi connectivity index (χ2v) is 12.0.